The third kappa shape index (κ3) is 4.54. The fourth-order valence-corrected chi connectivity index (χ4v) is 3.56. The summed E-state index contributed by atoms with van der Waals surface area (Å²) in [7, 11) is 1.65. The molecule has 3 rings (SSSR count). The van der Waals surface area contributed by atoms with Crippen LogP contribution in [0.1, 0.15) is 12.0 Å². The van der Waals surface area contributed by atoms with Gasteiger partial charge in [-0.15, -0.1) is 0 Å². The van der Waals surface area contributed by atoms with Gasteiger partial charge in [-0.1, -0.05) is 11.6 Å². The van der Waals surface area contributed by atoms with Crippen molar-refractivity contribution in [2.45, 2.75) is 19.9 Å². The van der Waals surface area contributed by atoms with E-state index in [1.54, 1.807) is 14.0 Å². The van der Waals surface area contributed by atoms with E-state index in [0.29, 0.717) is 17.1 Å². The summed E-state index contributed by atoms with van der Waals surface area (Å²) >= 11 is 6.04. The van der Waals surface area contributed by atoms with Crippen LogP contribution in [0.3, 0.4) is 0 Å². The van der Waals surface area contributed by atoms with Gasteiger partial charge in [-0.25, -0.2) is 4.79 Å². The van der Waals surface area contributed by atoms with Crippen molar-refractivity contribution in [1.82, 2.24) is 14.5 Å². The predicted octanol–water partition coefficient (Wildman–Crippen LogP) is 1.72. The highest BCUT2D eigenvalue weighted by atomic mass is 35.5. The molecule has 1 aromatic heterocycles. The first-order valence-corrected chi connectivity index (χ1v) is 9.47. The molecule has 2 aromatic rings. The van der Waals surface area contributed by atoms with Crippen molar-refractivity contribution in [2.24, 2.45) is 0 Å². The maximum atomic E-state index is 12.1. The molecule has 0 spiro atoms. The summed E-state index contributed by atoms with van der Waals surface area (Å²) in [5.74, 6) is 0.786. The Hall–Kier alpha value is -2.25. The number of piperazine rings is 1. The number of hydrogen-bond acceptors (Lipinski definition) is 5. The third-order valence-corrected chi connectivity index (χ3v) is 5.19. The molecule has 0 unspecified atom stereocenters. The van der Waals surface area contributed by atoms with Gasteiger partial charge in [0.1, 0.15) is 5.75 Å². The maximum Gasteiger partial charge on any atom is 0.328 e. The van der Waals surface area contributed by atoms with Gasteiger partial charge >= 0.3 is 5.69 Å². The van der Waals surface area contributed by atoms with Crippen LogP contribution in [-0.2, 0) is 6.54 Å². The summed E-state index contributed by atoms with van der Waals surface area (Å²) in [4.78, 5) is 31.1. The molecule has 2 heterocycles. The summed E-state index contributed by atoms with van der Waals surface area (Å²) in [5, 5.41) is 0.663. The Bertz CT molecular complexity index is 901. The van der Waals surface area contributed by atoms with Crippen molar-refractivity contribution in [3.8, 4) is 5.75 Å². The van der Waals surface area contributed by atoms with Crippen LogP contribution in [0.15, 0.2) is 34.0 Å². The Morgan fingerprint density at radius 1 is 1.15 bits per heavy atom. The second-order valence-electron chi connectivity index (χ2n) is 6.73. The lowest BCUT2D eigenvalue weighted by molar-refractivity contribution is 0.249. The van der Waals surface area contributed by atoms with Gasteiger partial charge < -0.3 is 14.6 Å². The van der Waals surface area contributed by atoms with Crippen LogP contribution in [0, 0.1) is 6.92 Å². The summed E-state index contributed by atoms with van der Waals surface area (Å²) in [6.07, 6.45) is 2.22. The molecular weight excluding hydrogens is 368 g/mol. The average Bonchev–Trinajstić information content (AvgIpc) is 2.68. The van der Waals surface area contributed by atoms with Crippen LogP contribution in [0.5, 0.6) is 5.75 Å². The molecule has 8 heteroatoms. The molecule has 0 radical (unpaired) electrons. The van der Waals surface area contributed by atoms with E-state index in [2.05, 4.69) is 14.8 Å². The summed E-state index contributed by atoms with van der Waals surface area (Å²) in [6, 6.07) is 5.70. The van der Waals surface area contributed by atoms with Gasteiger partial charge in [0, 0.05) is 55.6 Å². The Kier molecular flexibility index (Phi) is 6.23. The van der Waals surface area contributed by atoms with E-state index in [4.69, 9.17) is 16.3 Å². The summed E-state index contributed by atoms with van der Waals surface area (Å²) in [5.41, 5.74) is 1.06. The number of halogens is 1. The highest BCUT2D eigenvalue weighted by Crippen LogP contribution is 2.31. The van der Waals surface area contributed by atoms with Crippen molar-refractivity contribution in [2.75, 3.05) is 44.7 Å². The number of aromatic nitrogens is 2. The minimum Gasteiger partial charge on any atom is -0.495 e. The van der Waals surface area contributed by atoms with Gasteiger partial charge in [-0.05, 0) is 32.0 Å². The van der Waals surface area contributed by atoms with Crippen LogP contribution >= 0.6 is 11.6 Å². The standard InChI is InChI=1S/C19H25ClN4O3/c1-14-13-21-19(26)24(18(14)25)7-3-6-22-8-10-23(11-9-22)16-5-4-15(20)12-17(16)27-2/h4-5,12-13H,3,6-11H2,1-2H3,(H,21,26). The Morgan fingerprint density at radius 2 is 1.89 bits per heavy atom. The minimum atomic E-state index is -0.342. The van der Waals surface area contributed by atoms with E-state index in [1.807, 2.05) is 18.2 Å². The monoisotopic (exact) mass is 392 g/mol. The molecule has 0 aliphatic carbocycles. The molecule has 1 aliphatic heterocycles. The number of anilines is 1. The molecule has 1 N–H and O–H groups in total. The average molecular weight is 393 g/mol. The molecule has 1 aromatic carbocycles. The largest absolute Gasteiger partial charge is 0.495 e. The van der Waals surface area contributed by atoms with Gasteiger partial charge in [0.2, 0.25) is 0 Å². The summed E-state index contributed by atoms with van der Waals surface area (Å²) < 4.78 is 6.73. The van der Waals surface area contributed by atoms with Crippen LogP contribution in [0.2, 0.25) is 5.02 Å². The highest BCUT2D eigenvalue weighted by molar-refractivity contribution is 6.30. The lowest BCUT2D eigenvalue weighted by Gasteiger charge is -2.36. The molecule has 0 atom stereocenters. The first-order chi connectivity index (χ1) is 13.0. The molecule has 0 bridgehead atoms. The second-order valence-corrected chi connectivity index (χ2v) is 7.17. The number of methoxy groups -OCH3 is 1. The van der Waals surface area contributed by atoms with Crippen molar-refractivity contribution in [3.05, 3.63) is 55.8 Å². The summed E-state index contributed by atoms with van der Waals surface area (Å²) in [6.45, 7) is 6.62. The Morgan fingerprint density at radius 3 is 2.59 bits per heavy atom. The number of nitrogens with one attached hydrogen (secondary N) is 1. The number of hydrogen-bond donors (Lipinski definition) is 1. The molecule has 0 saturated carbocycles. The maximum absolute atomic E-state index is 12.1. The van der Waals surface area contributed by atoms with Crippen molar-refractivity contribution < 1.29 is 4.74 Å². The number of aryl methyl sites for hydroxylation is 1. The first-order valence-electron chi connectivity index (χ1n) is 9.09. The van der Waals surface area contributed by atoms with Crippen LogP contribution in [-0.4, -0.2) is 54.3 Å². The van der Waals surface area contributed by atoms with Crippen molar-refractivity contribution in [3.63, 3.8) is 0 Å². The van der Waals surface area contributed by atoms with E-state index in [-0.39, 0.29) is 11.2 Å². The fraction of sp³-hybridized carbons (Fsp3) is 0.474. The van der Waals surface area contributed by atoms with E-state index in [9.17, 15) is 9.59 Å². The van der Waals surface area contributed by atoms with Gasteiger partial charge in [0.25, 0.3) is 5.56 Å². The third-order valence-electron chi connectivity index (χ3n) is 4.95. The Balaban J connectivity index is 1.53. The van der Waals surface area contributed by atoms with Crippen LogP contribution in [0.4, 0.5) is 5.69 Å². The molecule has 0 amide bonds. The minimum absolute atomic E-state index is 0.210. The predicted molar refractivity (Wildman–Crippen MR) is 107 cm³/mol. The number of H-pyrrole nitrogens is 1. The fourth-order valence-electron chi connectivity index (χ4n) is 3.40. The topological polar surface area (TPSA) is 70.6 Å². The van der Waals surface area contributed by atoms with Crippen LogP contribution in [0.25, 0.3) is 0 Å². The van der Waals surface area contributed by atoms with Crippen molar-refractivity contribution in [1.29, 1.82) is 0 Å². The van der Waals surface area contributed by atoms with Gasteiger partial charge in [-0.3, -0.25) is 14.3 Å². The van der Waals surface area contributed by atoms with Crippen LogP contribution < -0.4 is 20.9 Å². The van der Waals surface area contributed by atoms with Crippen molar-refractivity contribution >= 4 is 17.3 Å². The zero-order valence-corrected chi connectivity index (χ0v) is 16.5. The number of aromatic amines is 1. The van der Waals surface area contributed by atoms with E-state index < -0.39 is 0 Å². The zero-order valence-electron chi connectivity index (χ0n) is 15.7. The van der Waals surface area contributed by atoms with Gasteiger partial charge in [-0.2, -0.15) is 0 Å². The molecule has 7 nitrogen and oxygen atoms in total. The lowest BCUT2D eigenvalue weighted by atomic mass is 10.2. The quantitative estimate of drug-likeness (QED) is 0.810. The molecule has 1 fully saturated rings. The SMILES string of the molecule is COc1cc(Cl)ccc1N1CCN(CCCn2c(=O)[nH]cc(C)c2=O)CC1. The Labute approximate surface area is 163 Å². The lowest BCUT2D eigenvalue weighted by Crippen LogP contribution is -2.47. The molecule has 1 aliphatic rings. The number of nitrogens with zero attached hydrogens (tertiary/aromatic N) is 3. The van der Waals surface area contributed by atoms with Gasteiger partial charge in [0.15, 0.2) is 0 Å². The van der Waals surface area contributed by atoms with Gasteiger partial charge in [0.05, 0.1) is 12.8 Å². The van der Waals surface area contributed by atoms with E-state index >= 15 is 0 Å². The molecule has 1 saturated heterocycles. The normalized spacial score (nSPS) is 15.1. The highest BCUT2D eigenvalue weighted by Gasteiger charge is 2.19. The first kappa shape index (κ1) is 19.5. The van der Waals surface area contributed by atoms with E-state index in [0.717, 1.165) is 50.6 Å². The molecule has 146 valence electrons. The number of benzene rings is 1. The van der Waals surface area contributed by atoms with E-state index in [1.165, 1.54) is 10.8 Å². The zero-order chi connectivity index (χ0) is 19.4. The second kappa shape index (κ2) is 8.63. The number of rotatable bonds is 6. The number of ether oxygens (including phenoxy) is 1. The smallest absolute Gasteiger partial charge is 0.328 e. The molecule has 27 heavy (non-hydrogen) atoms. The molecular formula is C19H25ClN4O3.